The second kappa shape index (κ2) is 34.3. The van der Waals surface area contributed by atoms with Gasteiger partial charge in [0, 0.05) is 57.0 Å². The van der Waals surface area contributed by atoms with Crippen LogP contribution in [0.3, 0.4) is 0 Å². The molecule has 0 aliphatic carbocycles. The molecule has 3 fully saturated rings. The molecule has 0 amide bonds. The SMILES string of the molecule is CCCCOC(=O)C1O[C@@H](O[C@@H]2C(COC(C)=O)O[C@H](OC(=N)C(Cl)(Cl)Cl)C(N=[N+]=[N-])C2OC(C)=O)C(OCCCC)C(OCCCC)[C@@H]1O[C@H]1OC(COC(C)=O)[C@@H](OCCCC)C(OCCCC)C1N=[N+]=[N-]. The fourth-order valence-electron chi connectivity index (χ4n) is 7.88. The van der Waals surface area contributed by atoms with Gasteiger partial charge in [0.15, 0.2) is 18.7 Å². The van der Waals surface area contributed by atoms with Crippen LogP contribution in [0.1, 0.15) is 120 Å². The van der Waals surface area contributed by atoms with Crippen LogP contribution < -0.4 is 0 Å². The summed E-state index contributed by atoms with van der Waals surface area (Å²) < 4.78 is 84.5. The predicted molar refractivity (Wildman–Crippen MR) is 264 cm³/mol. The van der Waals surface area contributed by atoms with E-state index in [0.717, 1.165) is 26.7 Å². The van der Waals surface area contributed by atoms with Crippen LogP contribution in [0, 0.1) is 5.41 Å². The third-order valence-corrected chi connectivity index (χ3v) is 12.1. The Kier molecular flexibility index (Phi) is 30.0. The minimum absolute atomic E-state index is 0.0467. The molecule has 25 nitrogen and oxygen atoms in total. The molecular formula is C46H74Cl3N7O18. The maximum absolute atomic E-state index is 14.6. The number of hydrogen-bond acceptors (Lipinski definition) is 21. The van der Waals surface area contributed by atoms with Gasteiger partial charge in [-0.05, 0) is 43.2 Å². The zero-order chi connectivity index (χ0) is 54.8. The molecule has 0 aromatic carbocycles. The van der Waals surface area contributed by atoms with Crippen molar-refractivity contribution in [1.29, 1.82) is 5.41 Å². The molecule has 0 saturated carbocycles. The summed E-state index contributed by atoms with van der Waals surface area (Å²) in [6.07, 6.45) is -12.7. The van der Waals surface area contributed by atoms with Crippen LogP contribution in [-0.2, 0) is 85.5 Å². The third kappa shape index (κ3) is 20.5. The van der Waals surface area contributed by atoms with Crippen LogP contribution in [0.15, 0.2) is 10.2 Å². The monoisotopic (exact) mass is 1120 g/mol. The summed E-state index contributed by atoms with van der Waals surface area (Å²) in [6, 6.07) is -2.98. The number of nitrogens with one attached hydrogen (secondary N) is 1. The van der Waals surface area contributed by atoms with E-state index in [-0.39, 0.29) is 39.6 Å². The summed E-state index contributed by atoms with van der Waals surface area (Å²) in [4.78, 5) is 58.2. The van der Waals surface area contributed by atoms with Crippen molar-refractivity contribution in [1.82, 2.24) is 0 Å². The fourth-order valence-corrected chi connectivity index (χ4v) is 8.01. The molecule has 0 aromatic heterocycles. The minimum atomic E-state index is -2.44. The van der Waals surface area contributed by atoms with Gasteiger partial charge in [0.05, 0.1) is 12.7 Å². The number of carbonyl (C=O) groups excluding carboxylic acids is 4. The number of ether oxygens (including phenoxy) is 14. The van der Waals surface area contributed by atoms with E-state index in [1.54, 1.807) is 0 Å². The zero-order valence-corrected chi connectivity index (χ0v) is 45.6. The average Bonchev–Trinajstić information content (AvgIpc) is 3.34. The lowest BCUT2D eigenvalue weighted by molar-refractivity contribution is -0.369. The van der Waals surface area contributed by atoms with E-state index < -0.39 is 132 Å². The summed E-state index contributed by atoms with van der Waals surface area (Å²) in [5.74, 6) is -4.22. The van der Waals surface area contributed by atoms with Gasteiger partial charge in [0.25, 0.3) is 3.79 Å². The lowest BCUT2D eigenvalue weighted by Crippen LogP contribution is -2.68. The molecule has 3 rings (SSSR count). The van der Waals surface area contributed by atoms with E-state index >= 15 is 0 Å². The Balaban J connectivity index is 2.35. The Labute approximate surface area is 446 Å². The number of nitrogens with zero attached hydrogens (tertiary/aromatic N) is 6. The van der Waals surface area contributed by atoms with E-state index in [4.69, 9.17) is 107 Å². The van der Waals surface area contributed by atoms with Crippen LogP contribution in [0.2, 0.25) is 0 Å². The van der Waals surface area contributed by atoms with Crippen LogP contribution >= 0.6 is 34.8 Å². The lowest BCUT2D eigenvalue weighted by atomic mass is 9.94. The van der Waals surface area contributed by atoms with Gasteiger partial charge in [-0.15, -0.1) is 0 Å². The smallest absolute Gasteiger partial charge is 0.338 e. The summed E-state index contributed by atoms with van der Waals surface area (Å²) >= 11 is 17.8. The molecule has 3 aliphatic heterocycles. The van der Waals surface area contributed by atoms with E-state index in [2.05, 4.69) is 20.1 Å². The molecule has 3 aliphatic rings. The quantitative estimate of drug-likeness (QED) is 0.00772. The fraction of sp³-hybridized carbons (Fsp3) is 0.891. The first kappa shape index (κ1) is 64.8. The molecule has 422 valence electrons. The number of esters is 4. The van der Waals surface area contributed by atoms with Crippen molar-refractivity contribution in [3.63, 3.8) is 0 Å². The van der Waals surface area contributed by atoms with Crippen molar-refractivity contribution in [3.05, 3.63) is 20.9 Å². The largest absolute Gasteiger partial charge is 0.464 e. The number of rotatable bonds is 32. The van der Waals surface area contributed by atoms with Gasteiger partial charge in [-0.2, -0.15) is 0 Å². The number of alkyl halides is 3. The molecule has 15 atom stereocenters. The highest BCUT2D eigenvalue weighted by molar-refractivity contribution is 6.76. The number of azide groups is 2. The molecular weight excluding hydrogens is 1040 g/mol. The minimum Gasteiger partial charge on any atom is -0.464 e. The number of carbonyl (C=O) groups is 4. The van der Waals surface area contributed by atoms with Gasteiger partial charge < -0.3 is 66.3 Å². The van der Waals surface area contributed by atoms with E-state index in [1.165, 1.54) is 6.92 Å². The lowest BCUT2D eigenvalue weighted by Gasteiger charge is -2.50. The van der Waals surface area contributed by atoms with E-state index in [1.807, 2.05) is 34.6 Å². The molecule has 0 radical (unpaired) electrons. The molecule has 3 saturated heterocycles. The molecule has 0 aromatic rings. The Bertz CT molecular complexity index is 1850. The summed E-state index contributed by atoms with van der Waals surface area (Å²) in [5, 5.41) is 16.2. The summed E-state index contributed by atoms with van der Waals surface area (Å²) in [7, 11) is 0. The first-order valence-electron chi connectivity index (χ1n) is 25.2. The van der Waals surface area contributed by atoms with Crippen molar-refractivity contribution in [2.75, 3.05) is 46.2 Å². The summed E-state index contributed by atoms with van der Waals surface area (Å²) in [6.45, 7) is 12.8. The van der Waals surface area contributed by atoms with Crippen molar-refractivity contribution in [2.24, 2.45) is 10.2 Å². The van der Waals surface area contributed by atoms with Gasteiger partial charge in [-0.1, -0.05) is 112 Å². The molecule has 1 N–H and O–H groups in total. The van der Waals surface area contributed by atoms with E-state index in [9.17, 15) is 30.2 Å². The molecule has 74 heavy (non-hydrogen) atoms. The number of halogens is 3. The predicted octanol–water partition coefficient (Wildman–Crippen LogP) is 7.80. The van der Waals surface area contributed by atoms with Crippen molar-refractivity contribution >= 4 is 64.6 Å². The standard InChI is InChI=1S/C46H74Cl3N7O18/c1-9-14-19-61-33-29(24-66-26(6)57)69-42(31(53-55-51)35(33)62-20-15-10-2)72-38-37(63-21-16-11-3)40(64-22-17-12-4)44(73-39(38)41(60)65-23-18-13-5)71-34-30(25-67-27(7)58)70-43(74-45(50)46(47,48)49)32(54-56-52)36(34)68-28(8)59/h29-40,42-44,50H,9-25H2,1-8H3/t29?,30?,31?,32?,33-,34-,35?,36?,37?,38+,39?,40?,42-,43-,44-/m1/s1. The van der Waals surface area contributed by atoms with Crippen molar-refractivity contribution < 1.29 is 85.5 Å². The van der Waals surface area contributed by atoms with Crippen LogP contribution in [0.5, 0.6) is 0 Å². The maximum atomic E-state index is 14.6. The second-order valence-electron chi connectivity index (χ2n) is 17.5. The maximum Gasteiger partial charge on any atom is 0.338 e. The Morgan fingerprint density at radius 1 is 0.527 bits per heavy atom. The highest BCUT2D eigenvalue weighted by Crippen LogP contribution is 2.39. The molecule has 9 unspecified atom stereocenters. The molecule has 0 spiro atoms. The van der Waals surface area contributed by atoms with Gasteiger partial charge in [-0.25, -0.2) is 4.79 Å². The highest BCUT2D eigenvalue weighted by Gasteiger charge is 2.59. The highest BCUT2D eigenvalue weighted by atomic mass is 35.6. The topological polar surface area (TPSA) is 319 Å². The van der Waals surface area contributed by atoms with Crippen molar-refractivity contribution in [2.45, 2.75) is 215 Å². The molecule has 0 bridgehead atoms. The van der Waals surface area contributed by atoms with Crippen LogP contribution in [0.4, 0.5) is 0 Å². The average molecular weight is 1120 g/mol. The van der Waals surface area contributed by atoms with Crippen LogP contribution in [-0.4, -0.2) is 172 Å². The van der Waals surface area contributed by atoms with Crippen molar-refractivity contribution in [3.8, 4) is 0 Å². The van der Waals surface area contributed by atoms with Gasteiger partial charge in [0.1, 0.15) is 74.1 Å². The third-order valence-electron chi connectivity index (χ3n) is 11.6. The van der Waals surface area contributed by atoms with Gasteiger partial charge in [0.2, 0.25) is 12.2 Å². The normalized spacial score (nSPS) is 30.0. The first-order chi connectivity index (χ1) is 35.4. The molecule has 3 heterocycles. The first-order valence-corrected chi connectivity index (χ1v) is 26.3. The Morgan fingerprint density at radius 3 is 1.46 bits per heavy atom. The Hall–Kier alpha value is -3.52. The molecule has 28 heteroatoms. The Morgan fingerprint density at radius 2 is 0.973 bits per heavy atom. The summed E-state index contributed by atoms with van der Waals surface area (Å²) in [5.41, 5.74) is 19.9. The second-order valence-corrected chi connectivity index (χ2v) is 19.8. The number of hydrogen-bond donors (Lipinski definition) is 1. The zero-order valence-electron chi connectivity index (χ0n) is 43.3. The van der Waals surface area contributed by atoms with Crippen LogP contribution in [0.25, 0.3) is 20.9 Å². The van der Waals surface area contributed by atoms with Gasteiger partial charge >= 0.3 is 23.9 Å². The van der Waals surface area contributed by atoms with Gasteiger partial charge in [-0.3, -0.25) is 19.8 Å². The van der Waals surface area contributed by atoms with E-state index in [0.29, 0.717) is 51.4 Å². The number of unbranched alkanes of at least 4 members (excludes halogenated alkanes) is 5.